The fourth-order valence-corrected chi connectivity index (χ4v) is 6.05. The molecule has 6 nitrogen and oxygen atoms in total. The molecule has 1 fully saturated rings. The summed E-state index contributed by atoms with van der Waals surface area (Å²) in [5.74, 6) is -0.658. The van der Waals surface area contributed by atoms with E-state index in [4.69, 9.17) is 14.3 Å². The highest BCUT2D eigenvalue weighted by molar-refractivity contribution is 5.93. The van der Waals surface area contributed by atoms with Crippen molar-refractivity contribution in [3.05, 3.63) is 173 Å². The molecular weight excluding hydrogens is 562 g/mol. The topological polar surface area (TPSA) is 73.9 Å². The lowest BCUT2D eigenvalue weighted by Crippen LogP contribution is -2.42. The molecule has 0 aromatic heterocycles. The van der Waals surface area contributed by atoms with Gasteiger partial charge in [0, 0.05) is 0 Å². The van der Waals surface area contributed by atoms with E-state index in [1.807, 2.05) is 146 Å². The highest BCUT2D eigenvalue weighted by atomic mass is 16.7. The lowest BCUT2D eigenvalue weighted by atomic mass is 9.80. The van der Waals surface area contributed by atoms with Gasteiger partial charge < -0.3 is 9.47 Å². The Labute approximate surface area is 263 Å². The Kier molecular flexibility index (Phi) is 8.76. The van der Waals surface area contributed by atoms with Gasteiger partial charge in [0.25, 0.3) is 0 Å². The second kappa shape index (κ2) is 13.2. The van der Waals surface area contributed by atoms with E-state index >= 15 is 0 Å². The van der Waals surface area contributed by atoms with Crippen LogP contribution in [0.4, 0.5) is 0 Å². The van der Waals surface area contributed by atoms with Crippen molar-refractivity contribution in [1.29, 1.82) is 0 Å². The molecule has 5 aromatic carbocycles. The molecule has 1 saturated carbocycles. The minimum absolute atomic E-state index is 0.357. The molecule has 0 spiro atoms. The van der Waals surface area contributed by atoms with Crippen LogP contribution in [0.2, 0.25) is 0 Å². The minimum atomic E-state index is -1.13. The third-order valence-corrected chi connectivity index (χ3v) is 8.52. The van der Waals surface area contributed by atoms with Crippen LogP contribution < -0.4 is 10.2 Å². The van der Waals surface area contributed by atoms with E-state index in [1.165, 1.54) is 7.11 Å². The highest BCUT2D eigenvalue weighted by Crippen LogP contribution is 2.56. The van der Waals surface area contributed by atoms with Gasteiger partial charge in [-0.3, -0.25) is 14.4 Å². The number of esters is 1. The van der Waals surface area contributed by atoms with Crippen LogP contribution in [0.1, 0.15) is 34.2 Å². The summed E-state index contributed by atoms with van der Waals surface area (Å²) in [6.07, 6.45) is 0.716. The predicted octanol–water partition coefficient (Wildman–Crippen LogP) is 7.03. The Morgan fingerprint density at radius 2 is 1.18 bits per heavy atom. The molecule has 0 bridgehead atoms. The molecule has 0 saturated heterocycles. The van der Waals surface area contributed by atoms with Crippen LogP contribution in [0.15, 0.2) is 146 Å². The van der Waals surface area contributed by atoms with Gasteiger partial charge in [-0.05, 0) is 52.8 Å². The number of carbonyl (C=O) groups excluding carboxylic acids is 2. The summed E-state index contributed by atoms with van der Waals surface area (Å²) in [5, 5.41) is 0. The van der Waals surface area contributed by atoms with E-state index < -0.39 is 22.9 Å². The lowest BCUT2D eigenvalue weighted by Gasteiger charge is -2.35. The second-order valence-electron chi connectivity index (χ2n) is 11.3. The molecule has 5 aromatic rings. The van der Waals surface area contributed by atoms with Gasteiger partial charge in [0.1, 0.15) is 12.4 Å². The van der Waals surface area contributed by atoms with Crippen LogP contribution in [0.3, 0.4) is 0 Å². The summed E-state index contributed by atoms with van der Waals surface area (Å²) in [5.41, 5.74) is 5.22. The van der Waals surface area contributed by atoms with E-state index in [2.05, 4.69) is 5.48 Å². The maximum Gasteiger partial charge on any atom is 0.312 e. The molecule has 0 aliphatic heterocycles. The minimum Gasteiger partial charge on any atom is -0.489 e. The summed E-state index contributed by atoms with van der Waals surface area (Å²) in [4.78, 5) is 33.4. The average Bonchev–Trinajstić information content (AvgIpc) is 3.85. The Morgan fingerprint density at radius 1 is 0.689 bits per heavy atom. The largest absolute Gasteiger partial charge is 0.489 e. The standard InChI is InChI=1S/C39H35NO5/c1-43-37(42)38(26-29-22-24-34(25-23-29)44-28-30-14-6-2-7-15-30)27-35(38)36(41)40-45-39(31-16-8-3-9-17-31,32-18-10-4-11-19-32)33-20-12-5-13-21-33/h2-25,35H,26-28H2,1H3,(H,40,41)/t35-,38+/m0/s1. The fraction of sp³-hybridized carbons (Fsp3) is 0.179. The molecule has 226 valence electrons. The zero-order chi connectivity index (χ0) is 31.1. The molecular formula is C39H35NO5. The molecule has 0 heterocycles. The van der Waals surface area contributed by atoms with E-state index in [9.17, 15) is 9.59 Å². The van der Waals surface area contributed by atoms with Crippen molar-refractivity contribution < 1.29 is 23.9 Å². The molecule has 2 atom stereocenters. The van der Waals surface area contributed by atoms with E-state index in [1.54, 1.807) is 0 Å². The van der Waals surface area contributed by atoms with Gasteiger partial charge in [-0.1, -0.05) is 133 Å². The van der Waals surface area contributed by atoms with Gasteiger partial charge in [0.05, 0.1) is 18.4 Å². The third kappa shape index (κ3) is 6.24. The Hall–Kier alpha value is -5.20. The molecule has 45 heavy (non-hydrogen) atoms. The number of hydroxylamine groups is 1. The smallest absolute Gasteiger partial charge is 0.312 e. The van der Waals surface area contributed by atoms with Crippen LogP contribution in [-0.4, -0.2) is 19.0 Å². The maximum absolute atomic E-state index is 13.8. The average molecular weight is 598 g/mol. The van der Waals surface area contributed by atoms with Crippen LogP contribution in [0.5, 0.6) is 5.75 Å². The first-order valence-electron chi connectivity index (χ1n) is 15.0. The normalized spacial score (nSPS) is 17.2. The molecule has 1 aliphatic rings. The Bertz CT molecular complexity index is 1610. The van der Waals surface area contributed by atoms with Crippen LogP contribution in [-0.2, 0) is 37.8 Å². The van der Waals surface area contributed by atoms with Crippen molar-refractivity contribution in [1.82, 2.24) is 5.48 Å². The molecule has 0 unspecified atom stereocenters. The van der Waals surface area contributed by atoms with Crippen molar-refractivity contribution in [3.8, 4) is 5.75 Å². The van der Waals surface area contributed by atoms with Gasteiger partial charge in [-0.15, -0.1) is 0 Å². The first-order valence-corrected chi connectivity index (χ1v) is 15.0. The first kappa shape index (κ1) is 29.9. The summed E-state index contributed by atoms with van der Waals surface area (Å²) >= 11 is 0. The van der Waals surface area contributed by atoms with Crippen molar-refractivity contribution >= 4 is 11.9 Å². The van der Waals surface area contributed by atoms with Crippen molar-refractivity contribution in [3.63, 3.8) is 0 Å². The van der Waals surface area contributed by atoms with Gasteiger partial charge in [-0.25, -0.2) is 5.48 Å². The van der Waals surface area contributed by atoms with E-state index in [-0.39, 0.29) is 5.91 Å². The molecule has 1 N–H and O–H groups in total. The van der Waals surface area contributed by atoms with E-state index in [0.29, 0.717) is 19.4 Å². The number of nitrogens with one attached hydrogen (secondary N) is 1. The summed E-state index contributed by atoms with van der Waals surface area (Å²) in [7, 11) is 1.36. The summed E-state index contributed by atoms with van der Waals surface area (Å²) in [6, 6.07) is 47.0. The molecule has 6 rings (SSSR count). The quantitative estimate of drug-likeness (QED) is 0.0950. The monoisotopic (exact) mass is 597 g/mol. The predicted molar refractivity (Wildman–Crippen MR) is 172 cm³/mol. The number of ether oxygens (including phenoxy) is 2. The zero-order valence-corrected chi connectivity index (χ0v) is 25.1. The van der Waals surface area contributed by atoms with Crippen molar-refractivity contribution in [2.75, 3.05) is 7.11 Å². The first-order chi connectivity index (χ1) is 22.0. The van der Waals surface area contributed by atoms with Gasteiger partial charge in [0.2, 0.25) is 5.91 Å². The Morgan fingerprint density at radius 3 is 1.67 bits per heavy atom. The molecule has 0 radical (unpaired) electrons. The third-order valence-electron chi connectivity index (χ3n) is 8.52. The molecule has 1 amide bonds. The Balaban J connectivity index is 1.21. The lowest BCUT2D eigenvalue weighted by molar-refractivity contribution is -0.153. The number of amides is 1. The van der Waals surface area contributed by atoms with Gasteiger partial charge in [0.15, 0.2) is 5.60 Å². The number of rotatable bonds is 12. The van der Waals surface area contributed by atoms with Crippen molar-refractivity contribution in [2.24, 2.45) is 11.3 Å². The number of carbonyl (C=O) groups is 2. The molecule has 6 heteroatoms. The van der Waals surface area contributed by atoms with Crippen LogP contribution in [0.25, 0.3) is 0 Å². The number of hydrogen-bond acceptors (Lipinski definition) is 5. The highest BCUT2D eigenvalue weighted by Gasteiger charge is 2.64. The number of methoxy groups -OCH3 is 1. The van der Waals surface area contributed by atoms with Gasteiger partial charge in [-0.2, -0.15) is 0 Å². The van der Waals surface area contributed by atoms with Gasteiger partial charge >= 0.3 is 5.97 Å². The maximum atomic E-state index is 13.8. The van der Waals surface area contributed by atoms with Crippen LogP contribution in [0, 0.1) is 11.3 Å². The second-order valence-corrected chi connectivity index (χ2v) is 11.3. The van der Waals surface area contributed by atoms with Crippen LogP contribution >= 0.6 is 0 Å². The number of hydrogen-bond donors (Lipinski definition) is 1. The summed E-state index contributed by atoms with van der Waals surface area (Å²) < 4.78 is 11.1. The zero-order valence-electron chi connectivity index (χ0n) is 25.1. The van der Waals surface area contributed by atoms with E-state index in [0.717, 1.165) is 33.6 Å². The fourth-order valence-electron chi connectivity index (χ4n) is 6.05. The van der Waals surface area contributed by atoms with Crippen molar-refractivity contribution in [2.45, 2.75) is 25.0 Å². The summed E-state index contributed by atoms with van der Waals surface area (Å²) in [6.45, 7) is 0.463. The molecule has 1 aliphatic carbocycles. The number of benzene rings is 5. The SMILES string of the molecule is COC(=O)[C@]1(Cc2ccc(OCc3ccccc3)cc2)C[C@H]1C(=O)NOC(c1ccccc1)(c1ccccc1)c1ccccc1.